The second-order valence-electron chi connectivity index (χ2n) is 5.34. The molecular weight excluding hydrogens is 233 g/mol. The summed E-state index contributed by atoms with van der Waals surface area (Å²) in [7, 11) is 0. The van der Waals surface area contributed by atoms with Gasteiger partial charge in [-0.25, -0.2) is 4.39 Å². The highest BCUT2D eigenvalue weighted by atomic mass is 19.1. The van der Waals surface area contributed by atoms with Crippen molar-refractivity contribution in [2.45, 2.75) is 39.0 Å². The Hall–Kier alpha value is -0.970. The third-order valence-corrected chi connectivity index (χ3v) is 2.31. The van der Waals surface area contributed by atoms with Crippen LogP contribution in [0.3, 0.4) is 0 Å². The van der Waals surface area contributed by atoms with Gasteiger partial charge in [-0.15, -0.1) is 0 Å². The van der Waals surface area contributed by atoms with E-state index in [0.717, 1.165) is 5.56 Å². The van der Waals surface area contributed by atoms with Crippen molar-refractivity contribution in [2.24, 2.45) is 0 Å². The molecule has 0 radical (unpaired) electrons. The van der Waals surface area contributed by atoms with Crippen LogP contribution in [-0.2, 0) is 11.3 Å². The van der Waals surface area contributed by atoms with Crippen LogP contribution in [0.4, 0.5) is 4.39 Å². The minimum absolute atomic E-state index is 0.245. The predicted molar refractivity (Wildman–Crippen MR) is 69.8 cm³/mol. The molecule has 0 bridgehead atoms. The van der Waals surface area contributed by atoms with Gasteiger partial charge in [-0.05, 0) is 38.5 Å². The lowest BCUT2D eigenvalue weighted by Crippen LogP contribution is -2.33. The fourth-order valence-corrected chi connectivity index (χ4v) is 1.44. The summed E-state index contributed by atoms with van der Waals surface area (Å²) in [5.41, 5.74) is 0.614. The normalized spacial score (nSPS) is 13.6. The van der Waals surface area contributed by atoms with Crippen LogP contribution in [0, 0.1) is 5.82 Å². The molecule has 0 spiro atoms. The van der Waals surface area contributed by atoms with Crippen molar-refractivity contribution in [1.29, 1.82) is 0 Å². The van der Waals surface area contributed by atoms with Crippen LogP contribution < -0.4 is 5.32 Å². The zero-order valence-electron chi connectivity index (χ0n) is 11.2. The van der Waals surface area contributed by atoms with Gasteiger partial charge < -0.3 is 15.2 Å². The van der Waals surface area contributed by atoms with Crippen molar-refractivity contribution in [2.75, 3.05) is 13.2 Å². The molecule has 0 heterocycles. The minimum atomic E-state index is -0.558. The van der Waals surface area contributed by atoms with E-state index in [9.17, 15) is 9.50 Å². The molecule has 3 nitrogen and oxygen atoms in total. The summed E-state index contributed by atoms with van der Waals surface area (Å²) in [5, 5.41) is 12.8. The standard InChI is InChI=1S/C14H22FNO2/c1-14(2,3)18-10-13(17)9-16-8-11-5-4-6-12(15)7-11/h4-7,13,16-17H,8-10H2,1-3H3. The van der Waals surface area contributed by atoms with Crippen LogP contribution in [0.1, 0.15) is 26.3 Å². The minimum Gasteiger partial charge on any atom is -0.389 e. The number of rotatable bonds is 6. The molecule has 0 aliphatic carbocycles. The molecule has 1 unspecified atom stereocenters. The van der Waals surface area contributed by atoms with E-state index in [1.54, 1.807) is 6.07 Å². The SMILES string of the molecule is CC(C)(C)OCC(O)CNCc1cccc(F)c1. The molecular formula is C14H22FNO2. The average molecular weight is 255 g/mol. The molecule has 0 amide bonds. The summed E-state index contributed by atoms with van der Waals surface area (Å²) in [4.78, 5) is 0. The molecule has 4 heteroatoms. The highest BCUT2D eigenvalue weighted by Crippen LogP contribution is 2.07. The lowest BCUT2D eigenvalue weighted by molar-refractivity contribution is -0.0479. The first-order chi connectivity index (χ1) is 8.37. The van der Waals surface area contributed by atoms with Crippen molar-refractivity contribution in [3.8, 4) is 0 Å². The average Bonchev–Trinajstić information content (AvgIpc) is 2.25. The summed E-state index contributed by atoms with van der Waals surface area (Å²) in [5.74, 6) is -0.245. The van der Waals surface area contributed by atoms with Gasteiger partial charge >= 0.3 is 0 Å². The molecule has 0 aliphatic rings. The van der Waals surface area contributed by atoms with Gasteiger partial charge in [0.1, 0.15) is 5.82 Å². The molecule has 1 aromatic carbocycles. The number of benzene rings is 1. The Bertz CT molecular complexity index is 363. The molecule has 0 aliphatic heterocycles. The first-order valence-corrected chi connectivity index (χ1v) is 6.14. The molecule has 1 aromatic rings. The molecule has 0 saturated carbocycles. The number of halogens is 1. The van der Waals surface area contributed by atoms with E-state index in [1.165, 1.54) is 12.1 Å². The van der Waals surface area contributed by atoms with E-state index >= 15 is 0 Å². The molecule has 0 saturated heterocycles. The number of aliphatic hydroxyl groups is 1. The van der Waals surface area contributed by atoms with Crippen LogP contribution in [0.5, 0.6) is 0 Å². The van der Waals surface area contributed by atoms with Gasteiger partial charge in [0.2, 0.25) is 0 Å². The molecule has 2 N–H and O–H groups in total. The van der Waals surface area contributed by atoms with Crippen LogP contribution in [0.15, 0.2) is 24.3 Å². The fraction of sp³-hybridized carbons (Fsp3) is 0.571. The van der Waals surface area contributed by atoms with Crippen molar-refractivity contribution >= 4 is 0 Å². The lowest BCUT2D eigenvalue weighted by atomic mass is 10.2. The summed E-state index contributed by atoms with van der Waals surface area (Å²) < 4.78 is 18.4. The second-order valence-corrected chi connectivity index (χ2v) is 5.34. The van der Waals surface area contributed by atoms with Crippen molar-refractivity contribution in [3.63, 3.8) is 0 Å². The fourth-order valence-electron chi connectivity index (χ4n) is 1.44. The summed E-state index contributed by atoms with van der Waals surface area (Å²) >= 11 is 0. The van der Waals surface area contributed by atoms with Crippen LogP contribution >= 0.6 is 0 Å². The zero-order chi connectivity index (χ0) is 13.6. The maximum absolute atomic E-state index is 12.9. The van der Waals surface area contributed by atoms with E-state index in [0.29, 0.717) is 19.7 Å². The van der Waals surface area contributed by atoms with Crippen molar-refractivity contribution in [1.82, 2.24) is 5.32 Å². The number of hydrogen-bond donors (Lipinski definition) is 2. The maximum Gasteiger partial charge on any atom is 0.123 e. The Morgan fingerprint density at radius 2 is 2.11 bits per heavy atom. The molecule has 102 valence electrons. The van der Waals surface area contributed by atoms with Gasteiger partial charge in [-0.3, -0.25) is 0 Å². The molecule has 1 atom stereocenters. The largest absolute Gasteiger partial charge is 0.389 e. The second kappa shape index (κ2) is 6.83. The van der Waals surface area contributed by atoms with Gasteiger partial charge in [0.05, 0.1) is 18.3 Å². The van der Waals surface area contributed by atoms with E-state index in [-0.39, 0.29) is 11.4 Å². The summed E-state index contributed by atoms with van der Waals surface area (Å²) in [6, 6.07) is 6.40. The smallest absolute Gasteiger partial charge is 0.123 e. The van der Waals surface area contributed by atoms with Crippen molar-refractivity contribution < 1.29 is 14.2 Å². The lowest BCUT2D eigenvalue weighted by Gasteiger charge is -2.22. The number of hydrogen-bond acceptors (Lipinski definition) is 3. The van der Waals surface area contributed by atoms with Gasteiger partial charge in [-0.1, -0.05) is 12.1 Å². The quantitative estimate of drug-likeness (QED) is 0.818. The van der Waals surface area contributed by atoms with Gasteiger partial charge in [0.15, 0.2) is 0 Å². The molecule has 0 aromatic heterocycles. The van der Waals surface area contributed by atoms with E-state index in [4.69, 9.17) is 4.74 Å². The number of nitrogens with one attached hydrogen (secondary N) is 1. The Kier molecular flexibility index (Phi) is 5.72. The predicted octanol–water partition coefficient (Wildman–Crippen LogP) is 2.09. The molecule has 0 fully saturated rings. The highest BCUT2D eigenvalue weighted by Gasteiger charge is 2.13. The Labute approximate surface area is 108 Å². The van der Waals surface area contributed by atoms with Crippen LogP contribution in [0.2, 0.25) is 0 Å². The Balaban J connectivity index is 2.21. The number of ether oxygens (including phenoxy) is 1. The monoisotopic (exact) mass is 255 g/mol. The third-order valence-electron chi connectivity index (χ3n) is 2.31. The maximum atomic E-state index is 12.9. The Morgan fingerprint density at radius 1 is 1.39 bits per heavy atom. The Morgan fingerprint density at radius 3 is 2.72 bits per heavy atom. The summed E-state index contributed by atoms with van der Waals surface area (Å²) in [6.07, 6.45) is -0.558. The molecule has 1 rings (SSSR count). The first kappa shape index (κ1) is 15.1. The van der Waals surface area contributed by atoms with Gasteiger partial charge in [-0.2, -0.15) is 0 Å². The van der Waals surface area contributed by atoms with Crippen LogP contribution in [-0.4, -0.2) is 30.0 Å². The zero-order valence-corrected chi connectivity index (χ0v) is 11.2. The highest BCUT2D eigenvalue weighted by molar-refractivity contribution is 5.15. The topological polar surface area (TPSA) is 41.5 Å². The van der Waals surface area contributed by atoms with Crippen LogP contribution in [0.25, 0.3) is 0 Å². The van der Waals surface area contributed by atoms with E-state index < -0.39 is 6.10 Å². The first-order valence-electron chi connectivity index (χ1n) is 6.14. The summed E-state index contributed by atoms with van der Waals surface area (Å²) in [6.45, 7) is 7.08. The molecule has 18 heavy (non-hydrogen) atoms. The van der Waals surface area contributed by atoms with Gasteiger partial charge in [0, 0.05) is 13.1 Å². The van der Waals surface area contributed by atoms with Crippen molar-refractivity contribution in [3.05, 3.63) is 35.6 Å². The third kappa shape index (κ3) is 6.69. The van der Waals surface area contributed by atoms with Gasteiger partial charge in [0.25, 0.3) is 0 Å². The number of aliphatic hydroxyl groups excluding tert-OH is 1. The van der Waals surface area contributed by atoms with E-state index in [1.807, 2.05) is 26.8 Å². The van der Waals surface area contributed by atoms with E-state index in [2.05, 4.69) is 5.32 Å².